The van der Waals surface area contributed by atoms with Gasteiger partial charge in [0.05, 0.1) is 22.6 Å². The molecule has 0 saturated heterocycles. The molecule has 1 aromatic heterocycles. The molecule has 3 rings (SSSR count). The Bertz CT molecular complexity index is 1120. The number of phenols is 1. The second-order valence-corrected chi connectivity index (χ2v) is 7.97. The topological polar surface area (TPSA) is 123 Å². The lowest BCUT2D eigenvalue weighted by Gasteiger charge is -2.10. The number of carbonyl (C=O) groups is 2. The molecular weight excluding hydrogens is 470 g/mol. The number of nitrogens with two attached hydrogens (primary N) is 1. The number of nitrogens with one attached hydrogen (secondary N) is 1. The van der Waals surface area contributed by atoms with Gasteiger partial charge in [0.2, 0.25) is 5.91 Å². The number of primary amides is 1. The van der Waals surface area contributed by atoms with Crippen molar-refractivity contribution < 1.29 is 14.7 Å². The number of hydrogen-bond acceptors (Lipinski definition) is 6. The molecule has 1 heterocycles. The average molecular weight is 488 g/mol. The zero-order chi connectivity index (χ0) is 21.7. The van der Waals surface area contributed by atoms with Gasteiger partial charge in [-0.05, 0) is 30.3 Å². The number of hydrogen-bond donors (Lipinski definition) is 3. The summed E-state index contributed by atoms with van der Waals surface area (Å²) in [5, 5.41) is 21.7. The van der Waals surface area contributed by atoms with Crippen LogP contribution in [-0.4, -0.2) is 37.4 Å². The second-order valence-electron chi connectivity index (χ2n) is 6.11. The van der Waals surface area contributed by atoms with E-state index in [1.807, 2.05) is 0 Å². The lowest BCUT2D eigenvalue weighted by atomic mass is 10.1. The highest BCUT2D eigenvalue weighted by molar-refractivity contribution is 9.10. The summed E-state index contributed by atoms with van der Waals surface area (Å²) in [7, 11) is 0. The van der Waals surface area contributed by atoms with Crippen LogP contribution in [0.15, 0.2) is 64.7 Å². The van der Waals surface area contributed by atoms with Crippen LogP contribution in [0.2, 0.25) is 0 Å². The maximum atomic E-state index is 12.4. The van der Waals surface area contributed by atoms with E-state index >= 15 is 0 Å². The minimum atomic E-state index is -0.622. The van der Waals surface area contributed by atoms with Gasteiger partial charge in [0.25, 0.3) is 5.91 Å². The minimum absolute atomic E-state index is 0.0346. The van der Waals surface area contributed by atoms with E-state index in [2.05, 4.69) is 38.0 Å². The molecular formula is C20H18BrN5O3S. The first-order chi connectivity index (χ1) is 14.4. The Morgan fingerprint density at radius 3 is 2.77 bits per heavy atom. The van der Waals surface area contributed by atoms with E-state index in [9.17, 15) is 14.7 Å². The van der Waals surface area contributed by atoms with Crippen molar-refractivity contribution >= 4 is 45.2 Å². The maximum absolute atomic E-state index is 12.4. The maximum Gasteiger partial charge on any atom is 0.250 e. The Morgan fingerprint density at radius 1 is 1.27 bits per heavy atom. The standard InChI is InChI=1S/C20H18BrN5O3S/c1-2-9-26-19(14-10-12(21)7-8-16(14)27)24-25-20(26)30-11-17(28)23-15-6-4-3-5-13(15)18(22)29/h2-8,10,27H,1,9,11H2,(H2,22,29)(H,23,28). The molecule has 2 amide bonds. The fourth-order valence-corrected chi connectivity index (χ4v) is 3.81. The summed E-state index contributed by atoms with van der Waals surface area (Å²) in [5.41, 5.74) is 6.43. The molecule has 0 saturated carbocycles. The fraction of sp³-hybridized carbons (Fsp3) is 0.100. The van der Waals surface area contributed by atoms with Gasteiger partial charge in [0, 0.05) is 11.0 Å². The van der Waals surface area contributed by atoms with Crippen LogP contribution in [0.1, 0.15) is 10.4 Å². The van der Waals surface area contributed by atoms with Crippen LogP contribution in [0.25, 0.3) is 11.4 Å². The van der Waals surface area contributed by atoms with Crippen molar-refractivity contribution in [2.75, 3.05) is 11.1 Å². The molecule has 0 spiro atoms. The lowest BCUT2D eigenvalue weighted by molar-refractivity contribution is -0.113. The fourth-order valence-electron chi connectivity index (χ4n) is 2.70. The van der Waals surface area contributed by atoms with E-state index in [4.69, 9.17) is 5.73 Å². The molecule has 30 heavy (non-hydrogen) atoms. The van der Waals surface area contributed by atoms with E-state index in [0.29, 0.717) is 28.8 Å². The summed E-state index contributed by atoms with van der Waals surface area (Å²) in [6.45, 7) is 4.14. The molecule has 4 N–H and O–H groups in total. The third-order valence-electron chi connectivity index (χ3n) is 4.03. The molecule has 3 aromatic rings. The van der Waals surface area contributed by atoms with Crippen molar-refractivity contribution in [1.82, 2.24) is 14.8 Å². The minimum Gasteiger partial charge on any atom is -0.507 e. The Kier molecular flexibility index (Phi) is 6.91. The summed E-state index contributed by atoms with van der Waals surface area (Å²) in [6, 6.07) is 11.5. The predicted octanol–water partition coefficient (Wildman–Crippen LogP) is 3.43. The van der Waals surface area contributed by atoms with Gasteiger partial charge in [-0.2, -0.15) is 0 Å². The highest BCUT2D eigenvalue weighted by Crippen LogP contribution is 2.32. The number of rotatable bonds is 8. The van der Waals surface area contributed by atoms with E-state index in [0.717, 1.165) is 4.47 Å². The molecule has 0 atom stereocenters. The van der Waals surface area contributed by atoms with E-state index in [1.54, 1.807) is 53.1 Å². The highest BCUT2D eigenvalue weighted by atomic mass is 79.9. The van der Waals surface area contributed by atoms with Crippen molar-refractivity contribution in [2.24, 2.45) is 5.73 Å². The average Bonchev–Trinajstić information content (AvgIpc) is 3.11. The SMILES string of the molecule is C=CCn1c(SCC(=O)Nc2ccccc2C(N)=O)nnc1-c1cc(Br)ccc1O. The molecule has 2 aromatic carbocycles. The number of aromatic nitrogens is 3. The normalized spacial score (nSPS) is 10.6. The van der Waals surface area contributed by atoms with Crippen LogP contribution in [0.5, 0.6) is 5.75 Å². The highest BCUT2D eigenvalue weighted by Gasteiger charge is 2.18. The van der Waals surface area contributed by atoms with Gasteiger partial charge in [-0.1, -0.05) is 45.9 Å². The second kappa shape index (κ2) is 9.59. The Morgan fingerprint density at radius 2 is 2.03 bits per heavy atom. The number of phenolic OH excluding ortho intramolecular Hbond substituents is 1. The molecule has 0 aliphatic carbocycles. The first-order valence-corrected chi connectivity index (χ1v) is 10.5. The number of carbonyl (C=O) groups excluding carboxylic acids is 2. The quantitative estimate of drug-likeness (QED) is 0.330. The van der Waals surface area contributed by atoms with Crippen LogP contribution in [-0.2, 0) is 11.3 Å². The number of anilines is 1. The number of halogens is 1. The predicted molar refractivity (Wildman–Crippen MR) is 119 cm³/mol. The number of allylic oxidation sites excluding steroid dienone is 1. The molecule has 0 fully saturated rings. The number of thioether (sulfide) groups is 1. The first-order valence-electron chi connectivity index (χ1n) is 8.75. The van der Waals surface area contributed by atoms with Crippen molar-refractivity contribution in [2.45, 2.75) is 11.7 Å². The van der Waals surface area contributed by atoms with Crippen molar-refractivity contribution in [3.63, 3.8) is 0 Å². The number of aromatic hydroxyl groups is 1. The van der Waals surface area contributed by atoms with Gasteiger partial charge in [0.1, 0.15) is 5.75 Å². The third kappa shape index (κ3) is 4.89. The van der Waals surface area contributed by atoms with E-state index < -0.39 is 5.91 Å². The van der Waals surface area contributed by atoms with Crippen molar-refractivity contribution in [1.29, 1.82) is 0 Å². The Balaban J connectivity index is 1.78. The van der Waals surface area contributed by atoms with Gasteiger partial charge in [-0.15, -0.1) is 16.8 Å². The molecule has 8 nitrogen and oxygen atoms in total. The first kappa shape index (κ1) is 21.6. The van der Waals surface area contributed by atoms with Gasteiger partial charge >= 0.3 is 0 Å². The summed E-state index contributed by atoms with van der Waals surface area (Å²) in [5.74, 6) is -0.396. The summed E-state index contributed by atoms with van der Waals surface area (Å²) in [6.07, 6.45) is 1.68. The molecule has 0 aliphatic heterocycles. The lowest BCUT2D eigenvalue weighted by Crippen LogP contribution is -2.19. The number of benzene rings is 2. The van der Waals surface area contributed by atoms with Crippen molar-refractivity contribution in [3.8, 4) is 17.1 Å². The van der Waals surface area contributed by atoms with Crippen molar-refractivity contribution in [3.05, 3.63) is 65.2 Å². The van der Waals surface area contributed by atoms with Gasteiger partial charge in [-0.3, -0.25) is 14.2 Å². The molecule has 0 bridgehead atoms. The summed E-state index contributed by atoms with van der Waals surface area (Å²) in [4.78, 5) is 23.9. The van der Waals surface area contributed by atoms with Crippen LogP contribution < -0.4 is 11.1 Å². The molecule has 154 valence electrons. The zero-order valence-electron chi connectivity index (χ0n) is 15.7. The smallest absolute Gasteiger partial charge is 0.250 e. The summed E-state index contributed by atoms with van der Waals surface area (Å²) >= 11 is 4.56. The monoisotopic (exact) mass is 487 g/mol. The molecule has 0 aliphatic rings. The van der Waals surface area contributed by atoms with Gasteiger partial charge in [0.15, 0.2) is 11.0 Å². The number of para-hydroxylation sites is 1. The van der Waals surface area contributed by atoms with Gasteiger partial charge < -0.3 is 16.2 Å². The number of nitrogens with zero attached hydrogens (tertiary/aromatic N) is 3. The largest absolute Gasteiger partial charge is 0.507 e. The third-order valence-corrected chi connectivity index (χ3v) is 5.49. The Labute approximate surface area is 185 Å². The summed E-state index contributed by atoms with van der Waals surface area (Å²) < 4.78 is 2.54. The molecule has 0 unspecified atom stereocenters. The van der Waals surface area contributed by atoms with E-state index in [1.165, 1.54) is 11.8 Å². The zero-order valence-corrected chi connectivity index (χ0v) is 18.1. The van der Waals surface area contributed by atoms with Crippen LogP contribution in [0.4, 0.5) is 5.69 Å². The van der Waals surface area contributed by atoms with E-state index in [-0.39, 0.29) is 23.0 Å². The van der Waals surface area contributed by atoms with Crippen LogP contribution >= 0.6 is 27.7 Å². The molecule has 10 heteroatoms. The Hall–Kier alpha value is -3.11. The van der Waals surface area contributed by atoms with Crippen LogP contribution in [0, 0.1) is 0 Å². The van der Waals surface area contributed by atoms with Crippen LogP contribution in [0.3, 0.4) is 0 Å². The van der Waals surface area contributed by atoms with Gasteiger partial charge in [-0.25, -0.2) is 0 Å². The molecule has 0 radical (unpaired) electrons. The number of amides is 2.